The van der Waals surface area contributed by atoms with E-state index in [2.05, 4.69) is 5.32 Å². The molecule has 0 heterocycles. The average Bonchev–Trinajstić information content (AvgIpc) is 2.21. The molecule has 1 aromatic rings. The Bertz CT molecular complexity index is 405. The monoisotopic (exact) mass is 226 g/mol. The van der Waals surface area contributed by atoms with Crippen LogP contribution in [0.5, 0.6) is 0 Å². The number of nitrogens with one attached hydrogen (secondary N) is 1. The fourth-order valence-electron chi connectivity index (χ4n) is 1.09. The number of carbonyl (C=O) groups excluding carboxylic acids is 1. The number of nitrogen functional groups attached to an aromatic ring is 1. The summed E-state index contributed by atoms with van der Waals surface area (Å²) >= 11 is 0. The highest BCUT2D eigenvalue weighted by Crippen LogP contribution is 2.12. The maximum absolute atomic E-state index is 13.1. The molecule has 4 nitrogen and oxygen atoms in total. The van der Waals surface area contributed by atoms with Crippen molar-refractivity contribution in [2.45, 2.75) is 19.4 Å². The first-order chi connectivity index (χ1) is 7.35. The van der Waals surface area contributed by atoms with E-state index in [0.717, 1.165) is 6.07 Å². The van der Waals surface area contributed by atoms with Crippen molar-refractivity contribution in [2.24, 2.45) is 0 Å². The van der Waals surface area contributed by atoms with Gasteiger partial charge < -0.3 is 16.2 Å². The molecule has 4 N–H and O–H groups in total. The summed E-state index contributed by atoms with van der Waals surface area (Å²) in [5, 5.41) is 11.6. The minimum absolute atomic E-state index is 0.00188. The van der Waals surface area contributed by atoms with Crippen LogP contribution in [0.2, 0.25) is 0 Å². The van der Waals surface area contributed by atoms with Gasteiger partial charge in [0.15, 0.2) is 0 Å². The Morgan fingerprint density at radius 3 is 2.69 bits per heavy atom. The minimum atomic E-state index is -0.741. The molecule has 0 unspecified atom stereocenters. The second-order valence-electron chi connectivity index (χ2n) is 4.23. The molecule has 0 aliphatic rings. The molecule has 1 amide bonds. The molecule has 0 fully saturated rings. The number of rotatable bonds is 3. The summed E-state index contributed by atoms with van der Waals surface area (Å²) < 4.78 is 13.1. The molecular formula is C11H15FN2O2. The van der Waals surface area contributed by atoms with Crippen LogP contribution in [0.4, 0.5) is 10.1 Å². The van der Waals surface area contributed by atoms with E-state index in [1.54, 1.807) is 13.8 Å². The van der Waals surface area contributed by atoms with E-state index in [1.807, 2.05) is 0 Å². The molecule has 0 saturated carbocycles. The molecule has 88 valence electrons. The number of hydrogen-bond acceptors (Lipinski definition) is 3. The van der Waals surface area contributed by atoms with Gasteiger partial charge in [0.1, 0.15) is 5.82 Å². The Morgan fingerprint density at radius 1 is 1.56 bits per heavy atom. The molecule has 1 rings (SSSR count). The summed E-state index contributed by atoms with van der Waals surface area (Å²) in [6, 6.07) is 3.83. The molecule has 5 heteroatoms. The zero-order valence-electron chi connectivity index (χ0n) is 9.25. The third-order valence-corrected chi connectivity index (χ3v) is 2.11. The van der Waals surface area contributed by atoms with Crippen molar-refractivity contribution in [3.63, 3.8) is 0 Å². The third kappa shape index (κ3) is 2.93. The van der Waals surface area contributed by atoms with E-state index in [4.69, 9.17) is 10.8 Å². The second kappa shape index (κ2) is 4.49. The van der Waals surface area contributed by atoms with Crippen LogP contribution in [0.1, 0.15) is 24.2 Å². The number of carbonyl (C=O) groups is 1. The van der Waals surface area contributed by atoms with E-state index < -0.39 is 17.3 Å². The SMILES string of the molecule is CC(C)(CO)NC(=O)c1ccc(N)c(F)c1. The second-order valence-corrected chi connectivity index (χ2v) is 4.23. The Kier molecular flexibility index (Phi) is 3.49. The Morgan fingerprint density at radius 2 is 2.19 bits per heavy atom. The first kappa shape index (κ1) is 12.4. The number of anilines is 1. The van der Waals surface area contributed by atoms with E-state index in [0.29, 0.717) is 0 Å². The first-order valence-electron chi connectivity index (χ1n) is 4.84. The van der Waals surface area contributed by atoms with Gasteiger partial charge in [-0.25, -0.2) is 4.39 Å². The summed E-state index contributed by atoms with van der Waals surface area (Å²) in [6.07, 6.45) is 0. The normalized spacial score (nSPS) is 11.2. The van der Waals surface area contributed by atoms with E-state index in [9.17, 15) is 9.18 Å². The molecule has 0 bridgehead atoms. The van der Waals surface area contributed by atoms with Crippen molar-refractivity contribution in [1.82, 2.24) is 5.32 Å². The fourth-order valence-corrected chi connectivity index (χ4v) is 1.09. The van der Waals surface area contributed by atoms with Crippen LogP contribution in [-0.2, 0) is 0 Å². The molecule has 16 heavy (non-hydrogen) atoms. The van der Waals surface area contributed by atoms with Crippen LogP contribution >= 0.6 is 0 Å². The lowest BCUT2D eigenvalue weighted by Gasteiger charge is -2.23. The zero-order chi connectivity index (χ0) is 12.3. The smallest absolute Gasteiger partial charge is 0.251 e. The molecule has 0 spiro atoms. The van der Waals surface area contributed by atoms with E-state index in [1.165, 1.54) is 12.1 Å². The van der Waals surface area contributed by atoms with E-state index >= 15 is 0 Å². The number of halogens is 1. The van der Waals surface area contributed by atoms with Gasteiger partial charge in [0.25, 0.3) is 5.91 Å². The first-order valence-corrected chi connectivity index (χ1v) is 4.84. The van der Waals surface area contributed by atoms with Gasteiger partial charge in [-0.3, -0.25) is 4.79 Å². The van der Waals surface area contributed by atoms with Gasteiger partial charge >= 0.3 is 0 Å². The number of hydrogen-bond donors (Lipinski definition) is 3. The highest BCUT2D eigenvalue weighted by molar-refractivity contribution is 5.95. The van der Waals surface area contributed by atoms with Gasteiger partial charge in [0.05, 0.1) is 17.8 Å². The van der Waals surface area contributed by atoms with Gasteiger partial charge in [-0.05, 0) is 32.0 Å². The molecule has 0 radical (unpaired) electrons. The Labute approximate surface area is 93.3 Å². The van der Waals surface area contributed by atoms with Crippen LogP contribution in [0.15, 0.2) is 18.2 Å². The Hall–Kier alpha value is -1.62. The quantitative estimate of drug-likeness (QED) is 0.670. The number of amides is 1. The van der Waals surface area contributed by atoms with Gasteiger partial charge in [-0.15, -0.1) is 0 Å². The summed E-state index contributed by atoms with van der Waals surface area (Å²) in [4.78, 5) is 11.7. The lowest BCUT2D eigenvalue weighted by Crippen LogP contribution is -2.46. The summed E-state index contributed by atoms with van der Waals surface area (Å²) in [5.41, 5.74) is 4.73. The average molecular weight is 226 g/mol. The van der Waals surface area contributed by atoms with Crippen LogP contribution in [-0.4, -0.2) is 23.2 Å². The van der Waals surface area contributed by atoms with Crippen LogP contribution in [0.25, 0.3) is 0 Å². The number of nitrogens with two attached hydrogens (primary N) is 1. The van der Waals surface area contributed by atoms with Crippen LogP contribution < -0.4 is 11.1 Å². The number of benzene rings is 1. The van der Waals surface area contributed by atoms with Gasteiger partial charge in [0, 0.05) is 5.56 Å². The molecular weight excluding hydrogens is 211 g/mol. The van der Waals surface area contributed by atoms with Gasteiger partial charge in [0.2, 0.25) is 0 Å². The lowest BCUT2D eigenvalue weighted by molar-refractivity contribution is 0.0869. The lowest BCUT2D eigenvalue weighted by atomic mass is 10.1. The van der Waals surface area contributed by atoms with Gasteiger partial charge in [-0.2, -0.15) is 0 Å². The van der Waals surface area contributed by atoms with Crippen LogP contribution in [0, 0.1) is 5.82 Å². The van der Waals surface area contributed by atoms with Crippen molar-refractivity contribution >= 4 is 11.6 Å². The molecule has 0 aliphatic carbocycles. The number of aliphatic hydroxyl groups excluding tert-OH is 1. The summed E-state index contributed by atoms with van der Waals surface area (Å²) in [7, 11) is 0. The van der Waals surface area contributed by atoms with Gasteiger partial charge in [-0.1, -0.05) is 0 Å². The third-order valence-electron chi connectivity index (χ3n) is 2.11. The maximum Gasteiger partial charge on any atom is 0.251 e. The summed E-state index contributed by atoms with van der Waals surface area (Å²) in [5.74, 6) is -1.08. The standard InChI is InChI=1S/C11H15FN2O2/c1-11(2,6-15)14-10(16)7-3-4-9(13)8(12)5-7/h3-5,15H,6,13H2,1-2H3,(H,14,16). The number of aliphatic hydroxyl groups is 1. The van der Waals surface area contributed by atoms with Crippen molar-refractivity contribution in [3.8, 4) is 0 Å². The largest absolute Gasteiger partial charge is 0.396 e. The predicted octanol–water partition coefficient (Wildman–Crippen LogP) is 0.909. The highest BCUT2D eigenvalue weighted by atomic mass is 19.1. The van der Waals surface area contributed by atoms with Crippen molar-refractivity contribution in [2.75, 3.05) is 12.3 Å². The highest BCUT2D eigenvalue weighted by Gasteiger charge is 2.20. The zero-order valence-corrected chi connectivity index (χ0v) is 9.25. The Balaban J connectivity index is 2.85. The molecule has 0 aliphatic heterocycles. The minimum Gasteiger partial charge on any atom is -0.396 e. The topological polar surface area (TPSA) is 75.3 Å². The molecule has 0 aromatic heterocycles. The molecule has 0 saturated heterocycles. The van der Waals surface area contributed by atoms with Crippen molar-refractivity contribution in [3.05, 3.63) is 29.6 Å². The predicted molar refractivity (Wildman–Crippen MR) is 59.4 cm³/mol. The molecule has 0 atom stereocenters. The van der Waals surface area contributed by atoms with Crippen molar-refractivity contribution in [1.29, 1.82) is 0 Å². The summed E-state index contributed by atoms with van der Waals surface area (Å²) in [6.45, 7) is 3.13. The van der Waals surface area contributed by atoms with Crippen molar-refractivity contribution < 1.29 is 14.3 Å². The van der Waals surface area contributed by atoms with E-state index in [-0.39, 0.29) is 17.9 Å². The van der Waals surface area contributed by atoms with Crippen LogP contribution in [0.3, 0.4) is 0 Å². The maximum atomic E-state index is 13.1. The molecule has 1 aromatic carbocycles. The fraction of sp³-hybridized carbons (Fsp3) is 0.364.